The highest BCUT2D eigenvalue weighted by Crippen LogP contribution is 2.21. The number of likely N-dealkylation sites (tertiary alicyclic amines) is 1. The number of pyridine rings is 1. The maximum Gasteiger partial charge on any atom is 0.317 e. The SMILES string of the molecule is CC[C@H](c1cccnc1)N(C)C(=O)NCCCN1CCCC1=O. The minimum absolute atomic E-state index is 0.0175. The van der Waals surface area contributed by atoms with Crippen LogP contribution in [0.2, 0.25) is 0 Å². The highest BCUT2D eigenvalue weighted by Gasteiger charge is 2.21. The Hall–Kier alpha value is -2.11. The molecule has 6 heteroatoms. The van der Waals surface area contributed by atoms with Crippen LogP contribution in [-0.4, -0.2) is 53.4 Å². The summed E-state index contributed by atoms with van der Waals surface area (Å²) >= 11 is 0. The van der Waals surface area contributed by atoms with Crippen molar-refractivity contribution >= 4 is 11.9 Å². The summed E-state index contributed by atoms with van der Waals surface area (Å²) < 4.78 is 0. The Balaban J connectivity index is 1.76. The second kappa shape index (κ2) is 8.50. The fourth-order valence-corrected chi connectivity index (χ4v) is 2.98. The number of carbonyl (C=O) groups is 2. The molecule has 1 aliphatic heterocycles. The molecule has 23 heavy (non-hydrogen) atoms. The number of nitrogens with one attached hydrogen (secondary N) is 1. The molecule has 0 unspecified atom stereocenters. The van der Waals surface area contributed by atoms with Crippen molar-refractivity contribution in [3.8, 4) is 0 Å². The monoisotopic (exact) mass is 318 g/mol. The summed E-state index contributed by atoms with van der Waals surface area (Å²) in [6.45, 7) is 4.21. The average molecular weight is 318 g/mol. The average Bonchev–Trinajstić information content (AvgIpc) is 2.98. The van der Waals surface area contributed by atoms with Crippen LogP contribution in [-0.2, 0) is 4.79 Å². The van der Waals surface area contributed by atoms with Crippen molar-refractivity contribution < 1.29 is 9.59 Å². The van der Waals surface area contributed by atoms with Crippen LogP contribution < -0.4 is 5.32 Å². The molecule has 6 nitrogen and oxygen atoms in total. The van der Waals surface area contributed by atoms with Crippen LogP contribution >= 0.6 is 0 Å². The van der Waals surface area contributed by atoms with Gasteiger partial charge in [0.05, 0.1) is 6.04 Å². The number of hydrogen-bond acceptors (Lipinski definition) is 3. The van der Waals surface area contributed by atoms with Crippen LogP contribution in [0.1, 0.15) is 44.2 Å². The molecule has 1 aliphatic rings. The van der Waals surface area contributed by atoms with Crippen LogP contribution in [0.4, 0.5) is 4.79 Å². The molecular weight excluding hydrogens is 292 g/mol. The lowest BCUT2D eigenvalue weighted by molar-refractivity contribution is -0.127. The molecule has 1 N–H and O–H groups in total. The first-order valence-electron chi connectivity index (χ1n) is 8.31. The number of aromatic nitrogens is 1. The molecule has 0 spiro atoms. The van der Waals surface area contributed by atoms with E-state index in [2.05, 4.69) is 17.2 Å². The topological polar surface area (TPSA) is 65.5 Å². The van der Waals surface area contributed by atoms with Crippen LogP contribution in [0.15, 0.2) is 24.5 Å². The van der Waals surface area contributed by atoms with Crippen molar-refractivity contribution in [2.24, 2.45) is 0 Å². The summed E-state index contributed by atoms with van der Waals surface area (Å²) in [6, 6.07) is 3.80. The van der Waals surface area contributed by atoms with Gasteiger partial charge in [-0.25, -0.2) is 4.79 Å². The number of amides is 3. The molecule has 0 saturated carbocycles. The molecule has 0 aliphatic carbocycles. The van der Waals surface area contributed by atoms with Gasteiger partial charge in [-0.1, -0.05) is 13.0 Å². The Labute approximate surface area is 137 Å². The van der Waals surface area contributed by atoms with Crippen molar-refractivity contribution in [2.75, 3.05) is 26.7 Å². The third-order valence-corrected chi connectivity index (χ3v) is 4.30. The van der Waals surface area contributed by atoms with E-state index in [-0.39, 0.29) is 18.0 Å². The van der Waals surface area contributed by atoms with Gasteiger partial charge in [0, 0.05) is 45.5 Å². The Morgan fingerprint density at radius 2 is 2.35 bits per heavy atom. The number of rotatable bonds is 7. The lowest BCUT2D eigenvalue weighted by Gasteiger charge is -2.27. The Kier molecular flexibility index (Phi) is 6.38. The molecule has 2 heterocycles. The summed E-state index contributed by atoms with van der Waals surface area (Å²) in [5, 5.41) is 2.93. The molecule has 1 atom stereocenters. The summed E-state index contributed by atoms with van der Waals surface area (Å²) in [4.78, 5) is 31.5. The Morgan fingerprint density at radius 3 is 2.96 bits per heavy atom. The molecule has 1 aromatic rings. The smallest absolute Gasteiger partial charge is 0.317 e. The number of urea groups is 1. The van der Waals surface area contributed by atoms with Gasteiger partial charge in [-0.05, 0) is 30.9 Å². The molecule has 0 bridgehead atoms. The van der Waals surface area contributed by atoms with E-state index in [9.17, 15) is 9.59 Å². The third-order valence-electron chi connectivity index (χ3n) is 4.30. The number of nitrogens with zero attached hydrogens (tertiary/aromatic N) is 3. The summed E-state index contributed by atoms with van der Waals surface area (Å²) in [5.41, 5.74) is 1.04. The van der Waals surface area contributed by atoms with Gasteiger partial charge in [-0.15, -0.1) is 0 Å². The van der Waals surface area contributed by atoms with Crippen molar-refractivity contribution in [2.45, 2.75) is 38.6 Å². The number of carbonyl (C=O) groups excluding carboxylic acids is 2. The van der Waals surface area contributed by atoms with Gasteiger partial charge in [0.25, 0.3) is 0 Å². The second-order valence-electron chi connectivity index (χ2n) is 5.89. The maximum absolute atomic E-state index is 12.3. The van der Waals surface area contributed by atoms with Crippen LogP contribution in [0.3, 0.4) is 0 Å². The van der Waals surface area contributed by atoms with E-state index >= 15 is 0 Å². The van der Waals surface area contributed by atoms with Crippen molar-refractivity contribution in [1.29, 1.82) is 0 Å². The van der Waals surface area contributed by atoms with Crippen LogP contribution in [0.25, 0.3) is 0 Å². The maximum atomic E-state index is 12.3. The molecule has 1 aromatic heterocycles. The van der Waals surface area contributed by atoms with Gasteiger partial charge in [0.2, 0.25) is 5.91 Å². The van der Waals surface area contributed by atoms with Crippen molar-refractivity contribution in [1.82, 2.24) is 20.1 Å². The molecular formula is C17H26N4O2. The summed E-state index contributed by atoms with van der Waals surface area (Å²) in [7, 11) is 1.81. The molecule has 0 radical (unpaired) electrons. The zero-order valence-corrected chi connectivity index (χ0v) is 14.0. The van der Waals surface area contributed by atoms with Gasteiger partial charge in [0.15, 0.2) is 0 Å². The van der Waals surface area contributed by atoms with E-state index in [0.717, 1.165) is 37.9 Å². The van der Waals surface area contributed by atoms with E-state index in [1.54, 1.807) is 24.3 Å². The first-order valence-corrected chi connectivity index (χ1v) is 8.31. The zero-order valence-electron chi connectivity index (χ0n) is 14.0. The van der Waals surface area contributed by atoms with E-state index in [1.807, 2.05) is 17.0 Å². The summed E-state index contributed by atoms with van der Waals surface area (Å²) in [6.07, 6.45) is 6.77. The molecule has 2 rings (SSSR count). The standard InChI is InChI=1S/C17H26N4O2/c1-3-15(14-7-4-9-18-13-14)20(2)17(23)19-10-6-12-21-11-5-8-16(21)22/h4,7,9,13,15H,3,5-6,8,10-12H2,1-2H3,(H,19,23)/t15-/m1/s1. The first kappa shape index (κ1) is 17.2. The largest absolute Gasteiger partial charge is 0.343 e. The highest BCUT2D eigenvalue weighted by atomic mass is 16.2. The molecule has 1 saturated heterocycles. The van der Waals surface area contributed by atoms with Gasteiger partial charge in [-0.3, -0.25) is 9.78 Å². The highest BCUT2D eigenvalue weighted by molar-refractivity contribution is 5.78. The Bertz CT molecular complexity index is 521. The predicted octanol–water partition coefficient (Wildman–Crippen LogP) is 2.19. The molecule has 0 aromatic carbocycles. The van der Waals surface area contributed by atoms with E-state index < -0.39 is 0 Å². The molecule has 126 valence electrons. The van der Waals surface area contributed by atoms with Crippen molar-refractivity contribution in [3.05, 3.63) is 30.1 Å². The van der Waals surface area contributed by atoms with E-state index in [1.165, 1.54) is 0 Å². The number of hydrogen-bond donors (Lipinski definition) is 1. The van der Waals surface area contributed by atoms with Gasteiger partial charge < -0.3 is 15.1 Å². The fraction of sp³-hybridized carbons (Fsp3) is 0.588. The minimum Gasteiger partial charge on any atom is -0.343 e. The van der Waals surface area contributed by atoms with E-state index in [4.69, 9.17) is 0 Å². The predicted molar refractivity (Wildman–Crippen MR) is 88.9 cm³/mol. The first-order chi connectivity index (χ1) is 11.1. The third kappa shape index (κ3) is 4.68. The lowest BCUT2D eigenvalue weighted by atomic mass is 10.1. The van der Waals surface area contributed by atoms with Gasteiger partial charge in [0.1, 0.15) is 0 Å². The lowest BCUT2D eigenvalue weighted by Crippen LogP contribution is -2.40. The quantitative estimate of drug-likeness (QED) is 0.784. The van der Waals surface area contributed by atoms with Crippen LogP contribution in [0, 0.1) is 0 Å². The molecule has 3 amide bonds. The second-order valence-corrected chi connectivity index (χ2v) is 5.89. The normalized spacial score (nSPS) is 15.6. The van der Waals surface area contributed by atoms with Gasteiger partial charge in [-0.2, -0.15) is 0 Å². The molecule has 1 fully saturated rings. The fourth-order valence-electron chi connectivity index (χ4n) is 2.98. The van der Waals surface area contributed by atoms with Crippen molar-refractivity contribution in [3.63, 3.8) is 0 Å². The van der Waals surface area contributed by atoms with Crippen LogP contribution in [0.5, 0.6) is 0 Å². The zero-order chi connectivity index (χ0) is 16.7. The van der Waals surface area contributed by atoms with E-state index in [0.29, 0.717) is 13.0 Å². The summed E-state index contributed by atoms with van der Waals surface area (Å²) in [5.74, 6) is 0.232. The Morgan fingerprint density at radius 1 is 1.52 bits per heavy atom. The minimum atomic E-state index is -0.0894. The van der Waals surface area contributed by atoms with Gasteiger partial charge >= 0.3 is 6.03 Å².